The molecule has 4 heteroatoms. The van der Waals surface area contributed by atoms with Crippen molar-refractivity contribution in [1.29, 1.82) is 0 Å². The molecule has 0 unspecified atom stereocenters. The fraction of sp³-hybridized carbons (Fsp3) is 0.200. The van der Waals surface area contributed by atoms with Crippen molar-refractivity contribution in [3.05, 3.63) is 29.8 Å². The number of alkyl halides is 2. The van der Waals surface area contributed by atoms with Crippen molar-refractivity contribution in [2.75, 3.05) is 6.61 Å². The van der Waals surface area contributed by atoms with Crippen molar-refractivity contribution in [3.8, 4) is 17.6 Å². The molecule has 1 aromatic rings. The van der Waals surface area contributed by atoms with Gasteiger partial charge in [-0.15, -0.1) is 0 Å². The van der Waals surface area contributed by atoms with Gasteiger partial charge in [-0.2, -0.15) is 8.78 Å². The van der Waals surface area contributed by atoms with E-state index in [9.17, 15) is 8.78 Å². The Morgan fingerprint density at radius 2 is 2.21 bits per heavy atom. The van der Waals surface area contributed by atoms with Crippen molar-refractivity contribution >= 4 is 0 Å². The van der Waals surface area contributed by atoms with Crippen LogP contribution in [0.25, 0.3) is 0 Å². The molecule has 0 atom stereocenters. The Hall–Kier alpha value is -1.60. The van der Waals surface area contributed by atoms with Crippen LogP contribution in [-0.4, -0.2) is 18.3 Å². The summed E-state index contributed by atoms with van der Waals surface area (Å²) in [5, 5.41) is 8.42. The molecule has 0 aliphatic rings. The quantitative estimate of drug-likeness (QED) is 0.732. The highest BCUT2D eigenvalue weighted by Crippen LogP contribution is 2.14. The predicted molar refractivity (Wildman–Crippen MR) is 47.0 cm³/mol. The van der Waals surface area contributed by atoms with Crippen molar-refractivity contribution in [2.24, 2.45) is 0 Å². The normalized spacial score (nSPS) is 9.43. The first kappa shape index (κ1) is 10.5. The van der Waals surface area contributed by atoms with E-state index in [0.29, 0.717) is 5.56 Å². The maximum absolute atomic E-state index is 11.8. The second kappa shape index (κ2) is 5.20. The number of hydrogen-bond donors (Lipinski definition) is 1. The number of ether oxygens (including phenoxy) is 1. The van der Waals surface area contributed by atoms with Crippen LogP contribution in [0.1, 0.15) is 5.56 Å². The molecule has 1 rings (SSSR count). The Balaban J connectivity index is 2.78. The Morgan fingerprint density at radius 3 is 2.86 bits per heavy atom. The molecule has 0 saturated heterocycles. The number of aliphatic hydroxyl groups excluding tert-OH is 1. The van der Waals surface area contributed by atoms with E-state index in [1.807, 2.05) is 0 Å². The summed E-state index contributed by atoms with van der Waals surface area (Å²) in [6.07, 6.45) is 0. The second-order valence-electron chi connectivity index (χ2n) is 2.37. The Labute approximate surface area is 80.1 Å². The number of aliphatic hydroxyl groups is 1. The van der Waals surface area contributed by atoms with Crippen molar-refractivity contribution in [2.45, 2.75) is 6.61 Å². The van der Waals surface area contributed by atoms with Gasteiger partial charge in [-0.3, -0.25) is 0 Å². The van der Waals surface area contributed by atoms with Crippen LogP contribution in [0.15, 0.2) is 24.3 Å². The van der Waals surface area contributed by atoms with Gasteiger partial charge in [-0.1, -0.05) is 17.9 Å². The molecule has 0 saturated carbocycles. The van der Waals surface area contributed by atoms with Crippen molar-refractivity contribution in [3.63, 3.8) is 0 Å². The van der Waals surface area contributed by atoms with Crippen LogP contribution in [0.4, 0.5) is 8.78 Å². The zero-order chi connectivity index (χ0) is 10.4. The molecular formula is C10H8F2O2. The van der Waals surface area contributed by atoms with E-state index in [1.165, 1.54) is 12.1 Å². The van der Waals surface area contributed by atoms with E-state index in [1.54, 1.807) is 12.1 Å². The first-order chi connectivity index (χ1) is 6.72. The molecule has 0 bridgehead atoms. The second-order valence-corrected chi connectivity index (χ2v) is 2.37. The summed E-state index contributed by atoms with van der Waals surface area (Å²) >= 11 is 0. The topological polar surface area (TPSA) is 29.5 Å². The number of rotatable bonds is 2. The standard InChI is InChI=1S/C10H8F2O2/c11-10(12)14-9-5-1-3-8(7-9)4-2-6-13/h1,3,5,7,10,13H,6H2. The third-order valence-corrected chi connectivity index (χ3v) is 1.37. The first-order valence-corrected chi connectivity index (χ1v) is 3.87. The lowest BCUT2D eigenvalue weighted by Gasteiger charge is -2.03. The molecule has 0 radical (unpaired) electrons. The summed E-state index contributed by atoms with van der Waals surface area (Å²) in [7, 11) is 0. The minimum atomic E-state index is -2.84. The fourth-order valence-corrected chi connectivity index (χ4v) is 0.892. The van der Waals surface area contributed by atoms with E-state index in [4.69, 9.17) is 5.11 Å². The summed E-state index contributed by atoms with van der Waals surface area (Å²) < 4.78 is 27.8. The van der Waals surface area contributed by atoms with Crippen LogP contribution >= 0.6 is 0 Å². The fourth-order valence-electron chi connectivity index (χ4n) is 0.892. The van der Waals surface area contributed by atoms with Crippen LogP contribution in [0.5, 0.6) is 5.75 Å². The Bertz CT molecular complexity index is 353. The molecule has 0 aliphatic carbocycles. The zero-order valence-electron chi connectivity index (χ0n) is 7.21. The Morgan fingerprint density at radius 1 is 1.43 bits per heavy atom. The molecule has 0 amide bonds. The van der Waals surface area contributed by atoms with Gasteiger partial charge in [0.05, 0.1) is 0 Å². The lowest BCUT2D eigenvalue weighted by Crippen LogP contribution is -2.01. The summed E-state index contributed by atoms with van der Waals surface area (Å²) in [6.45, 7) is -3.10. The lowest BCUT2D eigenvalue weighted by molar-refractivity contribution is -0.0498. The van der Waals surface area contributed by atoms with E-state index in [2.05, 4.69) is 16.6 Å². The molecule has 2 nitrogen and oxygen atoms in total. The molecule has 0 aromatic heterocycles. The molecular weight excluding hydrogens is 190 g/mol. The van der Waals surface area contributed by atoms with Gasteiger partial charge >= 0.3 is 6.61 Å². The molecule has 14 heavy (non-hydrogen) atoms. The molecule has 1 aromatic carbocycles. The molecule has 0 heterocycles. The smallest absolute Gasteiger partial charge is 0.387 e. The largest absolute Gasteiger partial charge is 0.435 e. The van der Waals surface area contributed by atoms with Crippen LogP contribution < -0.4 is 4.74 Å². The van der Waals surface area contributed by atoms with E-state index in [0.717, 1.165) is 0 Å². The van der Waals surface area contributed by atoms with Gasteiger partial charge in [0, 0.05) is 5.56 Å². The van der Waals surface area contributed by atoms with Gasteiger partial charge in [0.1, 0.15) is 12.4 Å². The van der Waals surface area contributed by atoms with Crippen molar-refractivity contribution in [1.82, 2.24) is 0 Å². The predicted octanol–water partition coefficient (Wildman–Crippen LogP) is 1.63. The average Bonchev–Trinajstić information content (AvgIpc) is 2.14. The van der Waals surface area contributed by atoms with Gasteiger partial charge < -0.3 is 9.84 Å². The minimum Gasteiger partial charge on any atom is -0.435 e. The van der Waals surface area contributed by atoms with Gasteiger partial charge in [0.25, 0.3) is 0 Å². The number of halogens is 2. The summed E-state index contributed by atoms with van der Waals surface area (Å²) in [6, 6.07) is 5.99. The summed E-state index contributed by atoms with van der Waals surface area (Å²) in [5.74, 6) is 5.05. The molecule has 74 valence electrons. The summed E-state index contributed by atoms with van der Waals surface area (Å²) in [4.78, 5) is 0. The highest BCUT2D eigenvalue weighted by Gasteiger charge is 2.03. The van der Waals surface area contributed by atoms with Gasteiger partial charge in [0.15, 0.2) is 0 Å². The third-order valence-electron chi connectivity index (χ3n) is 1.37. The highest BCUT2D eigenvalue weighted by atomic mass is 19.3. The maximum Gasteiger partial charge on any atom is 0.387 e. The highest BCUT2D eigenvalue weighted by molar-refractivity contribution is 5.39. The molecule has 1 N–H and O–H groups in total. The Kier molecular flexibility index (Phi) is 3.89. The van der Waals surface area contributed by atoms with E-state index >= 15 is 0 Å². The minimum absolute atomic E-state index is 0.0599. The third kappa shape index (κ3) is 3.42. The molecule has 0 fully saturated rings. The number of hydrogen-bond acceptors (Lipinski definition) is 2. The van der Waals surface area contributed by atoms with Gasteiger partial charge in [-0.05, 0) is 18.2 Å². The van der Waals surface area contributed by atoms with E-state index in [-0.39, 0.29) is 12.4 Å². The molecule has 0 aliphatic heterocycles. The van der Waals surface area contributed by atoms with E-state index < -0.39 is 6.61 Å². The maximum atomic E-state index is 11.8. The molecule has 0 spiro atoms. The SMILES string of the molecule is OCC#Cc1cccc(OC(F)F)c1. The average molecular weight is 198 g/mol. The van der Waals surface area contributed by atoms with Crippen LogP contribution in [-0.2, 0) is 0 Å². The van der Waals surface area contributed by atoms with Crippen LogP contribution in [0.3, 0.4) is 0 Å². The van der Waals surface area contributed by atoms with Crippen LogP contribution in [0, 0.1) is 11.8 Å². The summed E-state index contributed by atoms with van der Waals surface area (Å²) in [5.41, 5.74) is 0.525. The van der Waals surface area contributed by atoms with Crippen LogP contribution in [0.2, 0.25) is 0 Å². The van der Waals surface area contributed by atoms with Crippen molar-refractivity contribution < 1.29 is 18.6 Å². The number of benzene rings is 1. The monoisotopic (exact) mass is 198 g/mol. The lowest BCUT2D eigenvalue weighted by atomic mass is 10.2. The zero-order valence-corrected chi connectivity index (χ0v) is 7.21. The van der Waals surface area contributed by atoms with Gasteiger partial charge in [-0.25, -0.2) is 0 Å². The van der Waals surface area contributed by atoms with Gasteiger partial charge in [0.2, 0.25) is 0 Å². The first-order valence-electron chi connectivity index (χ1n) is 3.87.